The van der Waals surface area contributed by atoms with Crippen LogP contribution >= 0.6 is 0 Å². The molecule has 1 N–H and O–H groups in total. The van der Waals surface area contributed by atoms with Gasteiger partial charge >= 0.3 is 5.97 Å². The molecule has 0 amide bonds. The Balaban J connectivity index is 3.80. The summed E-state index contributed by atoms with van der Waals surface area (Å²) in [5.41, 5.74) is 0. The molecule has 94 valence electrons. The van der Waals surface area contributed by atoms with Crippen LogP contribution in [-0.2, 0) is 15.1 Å². The van der Waals surface area contributed by atoms with Crippen molar-refractivity contribution in [1.29, 1.82) is 0 Å². The minimum absolute atomic E-state index is 0.114. The number of hydrogen-bond acceptors (Lipinski definition) is 3. The lowest BCUT2D eigenvalue weighted by Gasteiger charge is -2.00. The number of carbonyl (C=O) groups is 1. The normalized spacial score (nSPS) is 10.1. The smallest absolute Gasteiger partial charge is 0.308 e. The molecule has 0 aliphatic rings. The molecule has 0 atom stereocenters. The van der Waals surface area contributed by atoms with Crippen molar-refractivity contribution < 1.29 is 18.3 Å². The maximum atomic E-state index is 10.7. The van der Waals surface area contributed by atoms with Crippen LogP contribution in [-0.4, -0.2) is 24.4 Å². The van der Waals surface area contributed by atoms with E-state index in [-0.39, 0.29) is 11.3 Å². The van der Waals surface area contributed by atoms with Crippen LogP contribution < -0.4 is 0 Å². The summed E-state index contributed by atoms with van der Waals surface area (Å²) in [6.07, 6.45) is 6.42. The van der Waals surface area contributed by atoms with Gasteiger partial charge in [-0.15, -0.1) is 0 Å². The summed E-state index contributed by atoms with van der Waals surface area (Å²) in [6, 6.07) is 0. The molecular weight excluding hydrogens is 228 g/mol. The Morgan fingerprint density at radius 3 is 2.12 bits per heavy atom. The Labute approximate surface area is 98.2 Å². The number of aliphatic carboxylic acids is 1. The second kappa shape index (κ2) is 9.39. The Bertz CT molecular complexity index is 322. The standard InChI is InChI=1S/C11H20O4S/c1-2-3-4-5-6-7-8-10(16(14)15)9-11(12)13/h2-9H2,1H3,(H,12,13). The summed E-state index contributed by atoms with van der Waals surface area (Å²) in [4.78, 5) is 10.5. The van der Waals surface area contributed by atoms with Gasteiger partial charge in [0.15, 0.2) is 0 Å². The average molecular weight is 248 g/mol. The van der Waals surface area contributed by atoms with Crippen LogP contribution in [0.2, 0.25) is 0 Å². The van der Waals surface area contributed by atoms with Crippen LogP contribution in [0.5, 0.6) is 0 Å². The second-order valence-electron chi connectivity index (χ2n) is 3.86. The topological polar surface area (TPSA) is 71.4 Å². The molecule has 5 heteroatoms. The van der Waals surface area contributed by atoms with E-state index in [4.69, 9.17) is 5.11 Å². The van der Waals surface area contributed by atoms with Crippen molar-refractivity contribution in [2.24, 2.45) is 0 Å². The second-order valence-corrected chi connectivity index (χ2v) is 4.91. The first-order chi connectivity index (χ1) is 7.57. The van der Waals surface area contributed by atoms with E-state index in [2.05, 4.69) is 6.92 Å². The zero-order valence-corrected chi connectivity index (χ0v) is 10.6. The first-order valence-corrected chi connectivity index (χ1v) is 6.81. The fourth-order valence-corrected chi connectivity index (χ4v) is 2.05. The monoisotopic (exact) mass is 248 g/mol. The van der Waals surface area contributed by atoms with Gasteiger partial charge in [-0.2, -0.15) is 8.42 Å². The number of carboxylic acids is 1. The molecular formula is C11H20O4S. The lowest BCUT2D eigenvalue weighted by molar-refractivity contribution is -0.135. The molecule has 0 aromatic rings. The summed E-state index contributed by atoms with van der Waals surface area (Å²) < 4.78 is 21.4. The van der Waals surface area contributed by atoms with Gasteiger partial charge in [0.05, 0.1) is 11.3 Å². The number of carboxylic acid groups (broad SMARTS) is 1. The van der Waals surface area contributed by atoms with Gasteiger partial charge in [0.1, 0.15) is 0 Å². The van der Waals surface area contributed by atoms with Gasteiger partial charge in [0.2, 0.25) is 10.3 Å². The largest absolute Gasteiger partial charge is 0.481 e. The highest BCUT2D eigenvalue weighted by atomic mass is 32.2. The summed E-state index contributed by atoms with van der Waals surface area (Å²) in [5, 5.41) is 8.51. The van der Waals surface area contributed by atoms with Crippen molar-refractivity contribution in [2.45, 2.75) is 58.3 Å². The Kier molecular flexibility index (Phi) is 8.90. The molecule has 0 spiro atoms. The Morgan fingerprint density at radius 2 is 1.62 bits per heavy atom. The Hall–Kier alpha value is -0.840. The SMILES string of the molecule is CCCCCCCCC(CC(=O)O)=S(=O)=O. The van der Waals surface area contributed by atoms with Crippen molar-refractivity contribution in [3.63, 3.8) is 0 Å². The lowest BCUT2D eigenvalue weighted by Crippen LogP contribution is -2.07. The summed E-state index contributed by atoms with van der Waals surface area (Å²) in [7, 11) is -2.35. The third kappa shape index (κ3) is 8.47. The van der Waals surface area contributed by atoms with E-state index in [9.17, 15) is 13.2 Å². The van der Waals surface area contributed by atoms with E-state index in [0.717, 1.165) is 19.3 Å². The molecule has 0 fully saturated rings. The van der Waals surface area contributed by atoms with Gasteiger partial charge in [-0.25, -0.2) is 0 Å². The van der Waals surface area contributed by atoms with E-state index in [1.807, 2.05) is 0 Å². The highest BCUT2D eigenvalue weighted by Gasteiger charge is 2.07. The third-order valence-electron chi connectivity index (χ3n) is 2.39. The van der Waals surface area contributed by atoms with Crippen LogP contribution in [0.25, 0.3) is 0 Å². The van der Waals surface area contributed by atoms with Crippen LogP contribution in [0, 0.1) is 0 Å². The Morgan fingerprint density at radius 1 is 1.06 bits per heavy atom. The molecule has 0 rings (SSSR count). The first kappa shape index (κ1) is 15.2. The molecule has 16 heavy (non-hydrogen) atoms. The van der Waals surface area contributed by atoms with Crippen LogP contribution in [0.15, 0.2) is 0 Å². The first-order valence-electron chi connectivity index (χ1n) is 5.73. The third-order valence-corrected chi connectivity index (χ3v) is 3.21. The van der Waals surface area contributed by atoms with Gasteiger partial charge in [-0.3, -0.25) is 4.79 Å². The van der Waals surface area contributed by atoms with Crippen LogP contribution in [0.4, 0.5) is 0 Å². The predicted octanol–water partition coefficient (Wildman–Crippen LogP) is 2.26. The average Bonchev–Trinajstić information content (AvgIpc) is 2.20. The number of hydrogen-bond donors (Lipinski definition) is 1. The van der Waals surface area contributed by atoms with Crippen LogP contribution in [0.3, 0.4) is 0 Å². The molecule has 4 nitrogen and oxygen atoms in total. The molecule has 0 aromatic heterocycles. The van der Waals surface area contributed by atoms with Crippen molar-refractivity contribution >= 4 is 21.1 Å². The number of rotatable bonds is 9. The summed E-state index contributed by atoms with van der Waals surface area (Å²) in [6.45, 7) is 2.14. The molecule has 0 aliphatic heterocycles. The maximum Gasteiger partial charge on any atom is 0.308 e. The van der Waals surface area contributed by atoms with E-state index in [0.29, 0.717) is 6.42 Å². The highest BCUT2D eigenvalue weighted by Crippen LogP contribution is 2.08. The van der Waals surface area contributed by atoms with Crippen molar-refractivity contribution in [2.75, 3.05) is 0 Å². The van der Waals surface area contributed by atoms with Crippen molar-refractivity contribution in [3.8, 4) is 0 Å². The minimum atomic E-state index is -2.35. The zero-order chi connectivity index (χ0) is 12.4. The van der Waals surface area contributed by atoms with E-state index in [1.165, 1.54) is 19.3 Å². The van der Waals surface area contributed by atoms with E-state index < -0.39 is 16.3 Å². The van der Waals surface area contributed by atoms with Gasteiger partial charge in [0, 0.05) is 0 Å². The highest BCUT2D eigenvalue weighted by molar-refractivity contribution is 7.73. The van der Waals surface area contributed by atoms with Crippen molar-refractivity contribution in [1.82, 2.24) is 0 Å². The molecule has 0 bridgehead atoms. The van der Waals surface area contributed by atoms with E-state index in [1.54, 1.807) is 0 Å². The van der Waals surface area contributed by atoms with Gasteiger partial charge < -0.3 is 5.11 Å². The molecule has 0 radical (unpaired) electrons. The lowest BCUT2D eigenvalue weighted by atomic mass is 10.1. The molecule has 0 heterocycles. The zero-order valence-electron chi connectivity index (χ0n) is 9.74. The number of unbranched alkanes of at least 4 members (excludes halogenated alkanes) is 5. The summed E-state index contributed by atoms with van der Waals surface area (Å²) in [5.74, 6) is -1.08. The van der Waals surface area contributed by atoms with Crippen LogP contribution in [0.1, 0.15) is 58.3 Å². The minimum Gasteiger partial charge on any atom is -0.481 e. The van der Waals surface area contributed by atoms with E-state index >= 15 is 0 Å². The van der Waals surface area contributed by atoms with Gasteiger partial charge in [0.25, 0.3) is 0 Å². The molecule has 0 saturated heterocycles. The predicted molar refractivity (Wildman–Crippen MR) is 64.2 cm³/mol. The molecule has 0 unspecified atom stereocenters. The fraction of sp³-hybridized carbons (Fsp3) is 0.818. The van der Waals surface area contributed by atoms with Gasteiger partial charge in [-0.05, 0) is 12.8 Å². The quantitative estimate of drug-likeness (QED) is 0.502. The molecule has 0 saturated carbocycles. The molecule has 0 aliphatic carbocycles. The van der Waals surface area contributed by atoms with Crippen molar-refractivity contribution in [3.05, 3.63) is 0 Å². The molecule has 0 aromatic carbocycles. The maximum absolute atomic E-state index is 10.7. The fourth-order valence-electron chi connectivity index (χ4n) is 1.50. The van der Waals surface area contributed by atoms with Gasteiger partial charge in [-0.1, -0.05) is 39.0 Å². The summed E-state index contributed by atoms with van der Waals surface area (Å²) >= 11 is 0.